The smallest absolute Gasteiger partial charge is 0.223 e. The number of hydrogen-bond donors (Lipinski definition) is 1. The molecule has 1 fully saturated rings. The fourth-order valence-electron chi connectivity index (χ4n) is 1.32. The van der Waals surface area contributed by atoms with Crippen molar-refractivity contribution < 1.29 is 4.79 Å². The highest BCUT2D eigenvalue weighted by Gasteiger charge is 2.38. The van der Waals surface area contributed by atoms with Crippen molar-refractivity contribution in [3.05, 3.63) is 16.6 Å². The maximum Gasteiger partial charge on any atom is 0.223 e. The zero-order valence-corrected chi connectivity index (χ0v) is 8.30. The van der Waals surface area contributed by atoms with Crippen LogP contribution in [0.5, 0.6) is 0 Å². The zero-order valence-electron chi connectivity index (χ0n) is 7.49. The average Bonchev–Trinajstić information content (AvgIpc) is 2.68. The molecule has 1 N–H and O–H groups in total. The molecule has 0 spiro atoms. The SMILES string of the molecule is CC1CC1C(=O)NCc1cncs1. The van der Waals surface area contributed by atoms with Gasteiger partial charge in [0.2, 0.25) is 5.91 Å². The molecule has 0 aliphatic heterocycles. The Bertz CT molecular complexity index is 297. The third kappa shape index (κ3) is 2.06. The number of nitrogens with one attached hydrogen (secondary N) is 1. The second kappa shape index (κ2) is 3.46. The molecule has 1 aliphatic rings. The molecule has 1 aliphatic carbocycles. The molecule has 1 saturated carbocycles. The number of nitrogens with zero attached hydrogens (tertiary/aromatic N) is 1. The first-order valence-electron chi connectivity index (χ1n) is 4.42. The monoisotopic (exact) mass is 196 g/mol. The minimum atomic E-state index is 0.195. The molecule has 1 amide bonds. The van der Waals surface area contributed by atoms with Crippen LogP contribution in [0.3, 0.4) is 0 Å². The van der Waals surface area contributed by atoms with Gasteiger partial charge in [0.25, 0.3) is 0 Å². The lowest BCUT2D eigenvalue weighted by Crippen LogP contribution is -2.24. The molecule has 2 unspecified atom stereocenters. The Morgan fingerprint density at radius 2 is 2.62 bits per heavy atom. The number of carbonyl (C=O) groups is 1. The minimum Gasteiger partial charge on any atom is -0.351 e. The first kappa shape index (κ1) is 8.69. The van der Waals surface area contributed by atoms with E-state index in [1.807, 2.05) is 0 Å². The summed E-state index contributed by atoms with van der Waals surface area (Å²) < 4.78 is 0. The van der Waals surface area contributed by atoms with E-state index in [4.69, 9.17) is 0 Å². The third-order valence-electron chi connectivity index (χ3n) is 2.37. The largest absolute Gasteiger partial charge is 0.351 e. The zero-order chi connectivity index (χ0) is 9.26. The average molecular weight is 196 g/mol. The highest BCUT2D eigenvalue weighted by molar-refractivity contribution is 7.09. The summed E-state index contributed by atoms with van der Waals surface area (Å²) in [5.41, 5.74) is 1.78. The third-order valence-corrected chi connectivity index (χ3v) is 3.15. The van der Waals surface area contributed by atoms with Crippen LogP contribution in [0.15, 0.2) is 11.7 Å². The summed E-state index contributed by atoms with van der Waals surface area (Å²) in [7, 11) is 0. The van der Waals surface area contributed by atoms with Crippen molar-refractivity contribution in [2.75, 3.05) is 0 Å². The fraction of sp³-hybridized carbons (Fsp3) is 0.556. The van der Waals surface area contributed by atoms with Gasteiger partial charge in [-0.05, 0) is 12.3 Å². The van der Waals surface area contributed by atoms with Gasteiger partial charge in [0.05, 0.1) is 12.1 Å². The maximum absolute atomic E-state index is 11.4. The molecule has 0 saturated heterocycles. The molecule has 0 aromatic carbocycles. The molecule has 0 radical (unpaired) electrons. The molecular weight excluding hydrogens is 184 g/mol. The minimum absolute atomic E-state index is 0.195. The van der Waals surface area contributed by atoms with E-state index in [0.717, 1.165) is 11.3 Å². The summed E-state index contributed by atoms with van der Waals surface area (Å²) in [6.07, 6.45) is 2.84. The number of amides is 1. The van der Waals surface area contributed by atoms with Gasteiger partial charge in [-0.2, -0.15) is 0 Å². The van der Waals surface area contributed by atoms with E-state index in [2.05, 4.69) is 17.2 Å². The van der Waals surface area contributed by atoms with Crippen LogP contribution in [0.4, 0.5) is 0 Å². The number of aromatic nitrogens is 1. The van der Waals surface area contributed by atoms with Gasteiger partial charge < -0.3 is 5.32 Å². The Kier molecular flexibility index (Phi) is 2.31. The summed E-state index contributed by atoms with van der Waals surface area (Å²) in [4.78, 5) is 16.4. The van der Waals surface area contributed by atoms with E-state index in [0.29, 0.717) is 12.5 Å². The van der Waals surface area contributed by atoms with Gasteiger partial charge >= 0.3 is 0 Å². The van der Waals surface area contributed by atoms with Crippen molar-refractivity contribution in [3.63, 3.8) is 0 Å². The van der Waals surface area contributed by atoms with Gasteiger partial charge in [-0.1, -0.05) is 6.92 Å². The molecule has 70 valence electrons. The van der Waals surface area contributed by atoms with E-state index < -0.39 is 0 Å². The van der Waals surface area contributed by atoms with Gasteiger partial charge in [0, 0.05) is 17.0 Å². The number of hydrogen-bond acceptors (Lipinski definition) is 3. The lowest BCUT2D eigenvalue weighted by atomic mass is 10.3. The Balaban J connectivity index is 1.77. The van der Waals surface area contributed by atoms with E-state index in [9.17, 15) is 4.79 Å². The van der Waals surface area contributed by atoms with Crippen LogP contribution in [-0.2, 0) is 11.3 Å². The standard InChI is InChI=1S/C9H12N2OS/c1-6-2-8(6)9(12)11-4-7-3-10-5-13-7/h3,5-6,8H,2,4H2,1H3,(H,11,12). The van der Waals surface area contributed by atoms with Crippen LogP contribution in [0.2, 0.25) is 0 Å². The summed E-state index contributed by atoms with van der Waals surface area (Å²) in [5, 5.41) is 2.91. The Morgan fingerprint density at radius 3 is 3.15 bits per heavy atom. The normalized spacial score (nSPS) is 25.6. The van der Waals surface area contributed by atoms with E-state index >= 15 is 0 Å². The van der Waals surface area contributed by atoms with Crippen LogP contribution in [0.25, 0.3) is 0 Å². The molecule has 1 aromatic rings. The van der Waals surface area contributed by atoms with Crippen molar-refractivity contribution >= 4 is 17.2 Å². The van der Waals surface area contributed by atoms with Crippen LogP contribution < -0.4 is 5.32 Å². The molecule has 2 atom stereocenters. The molecule has 13 heavy (non-hydrogen) atoms. The highest BCUT2D eigenvalue weighted by atomic mass is 32.1. The molecule has 2 rings (SSSR count). The van der Waals surface area contributed by atoms with Crippen LogP contribution in [-0.4, -0.2) is 10.9 Å². The van der Waals surface area contributed by atoms with E-state index in [1.54, 1.807) is 23.0 Å². The second-order valence-electron chi connectivity index (χ2n) is 3.51. The summed E-state index contributed by atoms with van der Waals surface area (Å²) in [6.45, 7) is 2.74. The first-order valence-corrected chi connectivity index (χ1v) is 5.30. The van der Waals surface area contributed by atoms with E-state index in [-0.39, 0.29) is 11.8 Å². The quantitative estimate of drug-likeness (QED) is 0.794. The van der Waals surface area contributed by atoms with Crippen LogP contribution in [0, 0.1) is 11.8 Å². The maximum atomic E-state index is 11.4. The van der Waals surface area contributed by atoms with Crippen molar-refractivity contribution in [2.24, 2.45) is 11.8 Å². The second-order valence-corrected chi connectivity index (χ2v) is 4.48. The summed E-state index contributed by atoms with van der Waals surface area (Å²) in [6, 6.07) is 0. The molecule has 1 heterocycles. The summed E-state index contributed by atoms with van der Waals surface area (Å²) in [5.74, 6) is 1.05. The molecule has 0 bridgehead atoms. The predicted molar refractivity (Wildman–Crippen MR) is 51.2 cm³/mol. The Labute approximate surface area is 81.2 Å². The lowest BCUT2D eigenvalue weighted by Gasteiger charge is -2.00. The van der Waals surface area contributed by atoms with Gasteiger partial charge in [-0.3, -0.25) is 9.78 Å². The van der Waals surface area contributed by atoms with Crippen molar-refractivity contribution in [1.29, 1.82) is 0 Å². The lowest BCUT2D eigenvalue weighted by molar-refractivity contribution is -0.122. The fourth-order valence-corrected chi connectivity index (χ4v) is 1.86. The Morgan fingerprint density at radius 1 is 1.85 bits per heavy atom. The number of carbonyl (C=O) groups excluding carboxylic acids is 1. The van der Waals surface area contributed by atoms with Crippen molar-refractivity contribution in [2.45, 2.75) is 19.9 Å². The van der Waals surface area contributed by atoms with Gasteiger partial charge in [0.1, 0.15) is 0 Å². The van der Waals surface area contributed by atoms with Gasteiger partial charge in [-0.25, -0.2) is 0 Å². The number of rotatable bonds is 3. The van der Waals surface area contributed by atoms with Crippen LogP contribution >= 0.6 is 11.3 Å². The molecule has 4 heteroatoms. The predicted octanol–water partition coefficient (Wildman–Crippen LogP) is 1.42. The van der Waals surface area contributed by atoms with Gasteiger partial charge in [-0.15, -0.1) is 11.3 Å². The molecule has 1 aromatic heterocycles. The highest BCUT2D eigenvalue weighted by Crippen LogP contribution is 2.37. The Hall–Kier alpha value is -0.900. The van der Waals surface area contributed by atoms with E-state index in [1.165, 1.54) is 0 Å². The summed E-state index contributed by atoms with van der Waals surface area (Å²) >= 11 is 1.57. The first-order chi connectivity index (χ1) is 6.27. The number of thiazole rings is 1. The molecule has 3 nitrogen and oxygen atoms in total. The van der Waals surface area contributed by atoms with Crippen molar-refractivity contribution in [1.82, 2.24) is 10.3 Å². The van der Waals surface area contributed by atoms with Crippen LogP contribution in [0.1, 0.15) is 18.2 Å². The topological polar surface area (TPSA) is 42.0 Å². The molecular formula is C9H12N2OS. The van der Waals surface area contributed by atoms with Crippen molar-refractivity contribution in [3.8, 4) is 0 Å². The van der Waals surface area contributed by atoms with Gasteiger partial charge in [0.15, 0.2) is 0 Å².